The number of sulfonamides is 1. The number of hydrogen-bond acceptors (Lipinski definition) is 7. The number of nitrogens with zero attached hydrogens (tertiary/aromatic N) is 2. The SMILES string of the molecule is CS(=O)(=O)NC(=O)c1ccc(COc2cc(F)cc(-c3ccc(OCC4CC4)nc3)c2)nc1. The van der Waals surface area contributed by atoms with Gasteiger partial charge in [-0.05, 0) is 54.7 Å². The Bertz CT molecular complexity index is 1240. The van der Waals surface area contributed by atoms with Gasteiger partial charge in [0.15, 0.2) is 0 Å². The van der Waals surface area contributed by atoms with E-state index in [2.05, 4.69) is 9.97 Å². The summed E-state index contributed by atoms with van der Waals surface area (Å²) in [5.74, 6) is 0.241. The van der Waals surface area contributed by atoms with Crippen LogP contribution in [0.1, 0.15) is 28.9 Å². The van der Waals surface area contributed by atoms with E-state index in [0.717, 1.165) is 11.8 Å². The average molecular weight is 472 g/mol. The maximum atomic E-state index is 14.2. The molecular weight excluding hydrogens is 449 g/mol. The summed E-state index contributed by atoms with van der Waals surface area (Å²) >= 11 is 0. The van der Waals surface area contributed by atoms with E-state index >= 15 is 0 Å². The van der Waals surface area contributed by atoms with Crippen LogP contribution < -0.4 is 14.2 Å². The van der Waals surface area contributed by atoms with Crippen LogP contribution in [-0.4, -0.2) is 37.2 Å². The zero-order chi connectivity index (χ0) is 23.4. The monoisotopic (exact) mass is 471 g/mol. The number of halogens is 1. The van der Waals surface area contributed by atoms with Crippen molar-refractivity contribution in [1.29, 1.82) is 0 Å². The fourth-order valence-corrected chi connectivity index (χ4v) is 3.42. The van der Waals surface area contributed by atoms with Crippen molar-refractivity contribution in [2.24, 2.45) is 5.92 Å². The molecule has 10 heteroatoms. The molecule has 8 nitrogen and oxygen atoms in total. The van der Waals surface area contributed by atoms with Crippen molar-refractivity contribution < 1.29 is 27.1 Å². The first-order valence-electron chi connectivity index (χ1n) is 10.2. The summed E-state index contributed by atoms with van der Waals surface area (Å²) in [5, 5.41) is 0. The number of aromatic nitrogens is 2. The topological polar surface area (TPSA) is 107 Å². The Balaban J connectivity index is 1.39. The van der Waals surface area contributed by atoms with Gasteiger partial charge < -0.3 is 9.47 Å². The van der Waals surface area contributed by atoms with Crippen molar-refractivity contribution in [3.63, 3.8) is 0 Å². The Morgan fingerprint density at radius 1 is 1.06 bits per heavy atom. The van der Waals surface area contributed by atoms with E-state index in [1.54, 1.807) is 18.3 Å². The molecule has 2 heterocycles. The predicted molar refractivity (Wildman–Crippen MR) is 119 cm³/mol. The Kier molecular flexibility index (Phi) is 6.55. The molecule has 1 N–H and O–H groups in total. The molecule has 0 radical (unpaired) electrons. The zero-order valence-corrected chi connectivity index (χ0v) is 18.6. The maximum absolute atomic E-state index is 14.2. The van der Waals surface area contributed by atoms with E-state index in [-0.39, 0.29) is 12.2 Å². The Morgan fingerprint density at radius 3 is 2.52 bits per heavy atom. The Morgan fingerprint density at radius 2 is 1.88 bits per heavy atom. The summed E-state index contributed by atoms with van der Waals surface area (Å²) in [6.07, 6.45) is 6.16. The molecule has 0 atom stereocenters. The first-order chi connectivity index (χ1) is 15.7. The molecule has 3 aromatic rings. The third-order valence-corrected chi connectivity index (χ3v) is 5.41. The second kappa shape index (κ2) is 9.53. The van der Waals surface area contributed by atoms with Crippen LogP contribution in [0.4, 0.5) is 4.39 Å². The molecule has 0 saturated heterocycles. The number of carbonyl (C=O) groups is 1. The van der Waals surface area contributed by atoms with Gasteiger partial charge in [-0.2, -0.15) is 0 Å². The van der Waals surface area contributed by atoms with Gasteiger partial charge in [0.2, 0.25) is 15.9 Å². The van der Waals surface area contributed by atoms with Crippen molar-refractivity contribution in [2.45, 2.75) is 19.4 Å². The normalized spacial score (nSPS) is 13.4. The van der Waals surface area contributed by atoms with Crippen molar-refractivity contribution in [3.05, 3.63) is 71.9 Å². The van der Waals surface area contributed by atoms with Crippen LogP contribution in [0.3, 0.4) is 0 Å². The van der Waals surface area contributed by atoms with Gasteiger partial charge in [0.1, 0.15) is 18.2 Å². The number of rotatable bonds is 9. The Labute approximate surface area is 190 Å². The summed E-state index contributed by atoms with van der Waals surface area (Å²) in [4.78, 5) is 20.2. The van der Waals surface area contributed by atoms with Crippen LogP contribution in [0.25, 0.3) is 11.1 Å². The predicted octanol–water partition coefficient (Wildman–Crippen LogP) is 3.34. The number of pyridine rings is 2. The number of amides is 1. The summed E-state index contributed by atoms with van der Waals surface area (Å²) in [6, 6.07) is 10.9. The van der Waals surface area contributed by atoms with Gasteiger partial charge in [-0.1, -0.05) is 0 Å². The average Bonchev–Trinajstić information content (AvgIpc) is 3.60. The van der Waals surface area contributed by atoms with Gasteiger partial charge in [-0.15, -0.1) is 0 Å². The highest BCUT2D eigenvalue weighted by Crippen LogP contribution is 2.30. The number of nitrogens with one attached hydrogen (secondary N) is 1. The minimum absolute atomic E-state index is 0.0308. The van der Waals surface area contributed by atoms with E-state index in [1.807, 2.05) is 10.8 Å². The lowest BCUT2D eigenvalue weighted by atomic mass is 10.1. The molecule has 0 bridgehead atoms. The van der Waals surface area contributed by atoms with Crippen LogP contribution >= 0.6 is 0 Å². The van der Waals surface area contributed by atoms with Crippen molar-refractivity contribution >= 4 is 15.9 Å². The molecule has 2 aromatic heterocycles. The Hall–Kier alpha value is -3.53. The van der Waals surface area contributed by atoms with E-state index in [1.165, 1.54) is 43.3 Å². The van der Waals surface area contributed by atoms with Gasteiger partial charge in [0.05, 0.1) is 24.1 Å². The number of carbonyl (C=O) groups excluding carboxylic acids is 1. The first-order valence-corrected chi connectivity index (χ1v) is 12.1. The maximum Gasteiger partial charge on any atom is 0.266 e. The molecule has 33 heavy (non-hydrogen) atoms. The fourth-order valence-electron chi connectivity index (χ4n) is 2.97. The van der Waals surface area contributed by atoms with Gasteiger partial charge >= 0.3 is 0 Å². The molecule has 1 amide bonds. The van der Waals surface area contributed by atoms with Crippen LogP contribution in [0, 0.1) is 11.7 Å². The lowest BCUT2D eigenvalue weighted by Crippen LogP contribution is -2.29. The first kappa shape index (κ1) is 22.7. The van der Waals surface area contributed by atoms with Gasteiger partial charge in [-0.3, -0.25) is 9.78 Å². The summed E-state index contributed by atoms with van der Waals surface area (Å²) in [6.45, 7) is 0.699. The molecule has 0 spiro atoms. The van der Waals surface area contributed by atoms with Crippen LogP contribution in [-0.2, 0) is 16.6 Å². The second-order valence-electron chi connectivity index (χ2n) is 7.85. The van der Waals surface area contributed by atoms with Crippen LogP contribution in [0.5, 0.6) is 11.6 Å². The number of hydrogen-bond donors (Lipinski definition) is 1. The molecule has 4 rings (SSSR count). The molecule has 1 aliphatic rings. The molecule has 172 valence electrons. The lowest BCUT2D eigenvalue weighted by Gasteiger charge is -2.10. The smallest absolute Gasteiger partial charge is 0.266 e. The molecule has 1 aliphatic carbocycles. The quantitative estimate of drug-likeness (QED) is 0.510. The third-order valence-electron chi connectivity index (χ3n) is 4.86. The summed E-state index contributed by atoms with van der Waals surface area (Å²) < 4.78 is 49.7. The standard InChI is InChI=1S/C23H22FN3O5S/c1-33(29,30)27-23(28)17-4-6-20(25-12-17)14-31-21-9-18(8-19(24)10-21)16-5-7-22(26-11-16)32-13-15-2-3-15/h4-12,15H,2-3,13-14H2,1H3,(H,27,28). The van der Waals surface area contributed by atoms with E-state index < -0.39 is 21.7 Å². The van der Waals surface area contributed by atoms with Gasteiger partial charge in [0.25, 0.3) is 5.91 Å². The minimum Gasteiger partial charge on any atom is -0.487 e. The van der Waals surface area contributed by atoms with Gasteiger partial charge in [0, 0.05) is 30.1 Å². The highest BCUT2D eigenvalue weighted by Gasteiger charge is 2.22. The molecule has 0 aliphatic heterocycles. The lowest BCUT2D eigenvalue weighted by molar-refractivity contribution is 0.0981. The van der Waals surface area contributed by atoms with Crippen LogP contribution in [0.2, 0.25) is 0 Å². The molecule has 1 fully saturated rings. The zero-order valence-electron chi connectivity index (χ0n) is 17.8. The molecule has 0 unspecified atom stereocenters. The molecular formula is C23H22FN3O5S. The summed E-state index contributed by atoms with van der Waals surface area (Å²) in [7, 11) is -3.66. The van der Waals surface area contributed by atoms with Crippen molar-refractivity contribution in [3.8, 4) is 22.8 Å². The highest BCUT2D eigenvalue weighted by molar-refractivity contribution is 7.89. The minimum atomic E-state index is -3.66. The largest absolute Gasteiger partial charge is 0.487 e. The second-order valence-corrected chi connectivity index (χ2v) is 9.59. The molecule has 1 aromatic carbocycles. The summed E-state index contributed by atoms with van der Waals surface area (Å²) in [5.41, 5.74) is 1.90. The van der Waals surface area contributed by atoms with E-state index in [9.17, 15) is 17.6 Å². The van der Waals surface area contributed by atoms with Crippen molar-refractivity contribution in [1.82, 2.24) is 14.7 Å². The fraction of sp³-hybridized carbons (Fsp3) is 0.261. The van der Waals surface area contributed by atoms with Gasteiger partial charge in [-0.25, -0.2) is 22.5 Å². The van der Waals surface area contributed by atoms with Crippen LogP contribution in [0.15, 0.2) is 54.9 Å². The van der Waals surface area contributed by atoms with Crippen molar-refractivity contribution in [2.75, 3.05) is 12.9 Å². The molecule has 1 saturated carbocycles. The highest BCUT2D eigenvalue weighted by atomic mass is 32.2. The third kappa shape index (κ3) is 6.72. The number of ether oxygens (including phenoxy) is 2. The van der Waals surface area contributed by atoms with E-state index in [4.69, 9.17) is 9.47 Å². The number of benzene rings is 1. The van der Waals surface area contributed by atoms with E-state index in [0.29, 0.717) is 35.4 Å².